The smallest absolute Gasteiger partial charge is 0.154 e. The number of rotatable bonds is 3. The minimum absolute atomic E-state index is 0.729. The molecule has 1 rings (SSSR count). The molecule has 0 saturated heterocycles. The van der Waals surface area contributed by atoms with E-state index in [1.54, 1.807) is 17.5 Å². The van der Waals surface area contributed by atoms with Crippen molar-refractivity contribution in [3.63, 3.8) is 0 Å². The third-order valence-electron chi connectivity index (χ3n) is 1.48. The first-order chi connectivity index (χ1) is 6.27. The summed E-state index contributed by atoms with van der Waals surface area (Å²) in [6.45, 7) is 4.83. The summed E-state index contributed by atoms with van der Waals surface area (Å²) in [5.74, 6) is 6.08. The van der Waals surface area contributed by atoms with Gasteiger partial charge in [0, 0.05) is 12.7 Å². The van der Waals surface area contributed by atoms with Gasteiger partial charge in [0.25, 0.3) is 0 Å². The first-order valence-electron chi connectivity index (χ1n) is 4.21. The highest BCUT2D eigenvalue weighted by Crippen LogP contribution is 2.11. The van der Waals surface area contributed by atoms with Crippen molar-refractivity contribution in [2.75, 3.05) is 6.54 Å². The summed E-state index contributed by atoms with van der Waals surface area (Å²) >= 11 is 1.59. The largest absolute Gasteiger partial charge is 0.308 e. The van der Waals surface area contributed by atoms with Crippen LogP contribution in [-0.4, -0.2) is 17.4 Å². The van der Waals surface area contributed by atoms with Crippen LogP contribution in [0.5, 0.6) is 0 Å². The summed E-state index contributed by atoms with van der Waals surface area (Å²) in [5.41, 5.74) is 2.59. The van der Waals surface area contributed by atoms with E-state index < -0.39 is 0 Å². The van der Waals surface area contributed by atoms with E-state index in [2.05, 4.69) is 22.3 Å². The number of nitrogens with two attached hydrogens (primary N) is 1. The van der Waals surface area contributed by atoms with Crippen molar-refractivity contribution in [1.29, 1.82) is 0 Å². The third-order valence-corrected chi connectivity index (χ3v) is 2.40. The Labute approximate surface area is 81.9 Å². The molecule has 0 radical (unpaired) electrons. The Morgan fingerprint density at radius 2 is 2.54 bits per heavy atom. The highest BCUT2D eigenvalue weighted by molar-refractivity contribution is 7.13. The van der Waals surface area contributed by atoms with Crippen LogP contribution in [0.2, 0.25) is 0 Å². The highest BCUT2D eigenvalue weighted by atomic mass is 32.1. The minimum atomic E-state index is 0.729. The van der Waals surface area contributed by atoms with Crippen molar-refractivity contribution in [1.82, 2.24) is 10.4 Å². The van der Waals surface area contributed by atoms with Gasteiger partial charge in [-0.25, -0.2) is 10.8 Å². The number of thiazole rings is 1. The summed E-state index contributed by atoms with van der Waals surface area (Å²) in [6.07, 6.45) is 2.80. The van der Waals surface area contributed by atoms with Crippen LogP contribution in [0, 0.1) is 6.92 Å². The SMILES string of the molecule is CCCN=C(NN)c1cnc(C)s1. The summed E-state index contributed by atoms with van der Waals surface area (Å²) in [4.78, 5) is 9.42. The molecule has 0 unspecified atom stereocenters. The van der Waals surface area contributed by atoms with Gasteiger partial charge in [-0.05, 0) is 13.3 Å². The maximum absolute atomic E-state index is 5.35. The molecule has 0 fully saturated rings. The number of nitrogens with zero attached hydrogens (tertiary/aromatic N) is 2. The van der Waals surface area contributed by atoms with E-state index in [1.807, 2.05) is 6.92 Å². The molecule has 4 nitrogen and oxygen atoms in total. The van der Waals surface area contributed by atoms with Gasteiger partial charge in [-0.15, -0.1) is 11.3 Å². The minimum Gasteiger partial charge on any atom is -0.308 e. The predicted octanol–water partition coefficient (Wildman–Crippen LogP) is 1.07. The molecule has 0 atom stereocenters. The van der Waals surface area contributed by atoms with Gasteiger partial charge in [0.15, 0.2) is 5.84 Å². The average molecular weight is 198 g/mol. The van der Waals surface area contributed by atoms with Gasteiger partial charge < -0.3 is 5.43 Å². The van der Waals surface area contributed by atoms with Crippen LogP contribution in [0.1, 0.15) is 23.2 Å². The van der Waals surface area contributed by atoms with E-state index in [-0.39, 0.29) is 0 Å². The lowest BCUT2D eigenvalue weighted by atomic mass is 10.4. The molecule has 1 aromatic rings. The summed E-state index contributed by atoms with van der Waals surface area (Å²) in [6, 6.07) is 0. The molecule has 0 aliphatic carbocycles. The maximum Gasteiger partial charge on any atom is 0.154 e. The fraction of sp³-hybridized carbons (Fsp3) is 0.500. The maximum atomic E-state index is 5.35. The molecule has 3 N–H and O–H groups in total. The lowest BCUT2D eigenvalue weighted by molar-refractivity contribution is 0.909. The van der Waals surface area contributed by atoms with Gasteiger partial charge in [0.05, 0.1) is 9.88 Å². The van der Waals surface area contributed by atoms with Crippen molar-refractivity contribution in [3.8, 4) is 0 Å². The molecule has 0 aromatic carbocycles. The summed E-state index contributed by atoms with van der Waals surface area (Å²) in [5, 5.41) is 1.02. The standard InChI is InChI=1S/C8H14N4S/c1-3-4-10-8(12-9)7-5-11-6(2)13-7/h5H,3-4,9H2,1-2H3,(H,10,12). The molecule has 0 amide bonds. The van der Waals surface area contributed by atoms with Crippen molar-refractivity contribution in [3.05, 3.63) is 16.1 Å². The molecular formula is C8H14N4S. The predicted molar refractivity (Wildman–Crippen MR) is 55.9 cm³/mol. The van der Waals surface area contributed by atoms with Crippen LogP contribution in [0.25, 0.3) is 0 Å². The molecule has 72 valence electrons. The Balaban J connectivity index is 2.77. The van der Waals surface area contributed by atoms with Gasteiger partial charge in [-0.3, -0.25) is 4.99 Å². The molecule has 0 aliphatic rings. The van der Waals surface area contributed by atoms with E-state index in [1.165, 1.54) is 0 Å². The Morgan fingerprint density at radius 3 is 3.00 bits per heavy atom. The second kappa shape index (κ2) is 4.94. The van der Waals surface area contributed by atoms with E-state index in [0.717, 1.165) is 28.7 Å². The molecule has 1 heterocycles. The van der Waals surface area contributed by atoms with Gasteiger partial charge >= 0.3 is 0 Å². The molecule has 1 aromatic heterocycles. The Bertz CT molecular complexity index is 292. The monoisotopic (exact) mass is 198 g/mol. The van der Waals surface area contributed by atoms with Crippen LogP contribution in [-0.2, 0) is 0 Å². The Hall–Kier alpha value is -0.940. The fourth-order valence-corrected chi connectivity index (χ4v) is 1.64. The number of aryl methyl sites for hydroxylation is 1. The topological polar surface area (TPSA) is 63.3 Å². The van der Waals surface area contributed by atoms with Gasteiger partial charge in [0.1, 0.15) is 0 Å². The molecule has 0 spiro atoms. The average Bonchev–Trinajstić information content (AvgIpc) is 2.54. The first-order valence-corrected chi connectivity index (χ1v) is 5.03. The Morgan fingerprint density at radius 1 is 1.77 bits per heavy atom. The zero-order valence-corrected chi connectivity index (χ0v) is 8.69. The lowest BCUT2D eigenvalue weighted by Crippen LogP contribution is -2.30. The number of aromatic nitrogens is 1. The molecule has 0 saturated carbocycles. The van der Waals surface area contributed by atoms with E-state index in [9.17, 15) is 0 Å². The molecule has 5 heteroatoms. The van der Waals surface area contributed by atoms with Crippen molar-refractivity contribution in [2.45, 2.75) is 20.3 Å². The number of nitrogens with one attached hydrogen (secondary N) is 1. The van der Waals surface area contributed by atoms with Crippen LogP contribution in [0.15, 0.2) is 11.2 Å². The zero-order valence-electron chi connectivity index (χ0n) is 7.87. The molecule has 0 bridgehead atoms. The summed E-state index contributed by atoms with van der Waals surface area (Å²) < 4.78 is 0. The number of hydrogen-bond donors (Lipinski definition) is 2. The molecular weight excluding hydrogens is 184 g/mol. The van der Waals surface area contributed by atoms with E-state index in [4.69, 9.17) is 5.84 Å². The van der Waals surface area contributed by atoms with Gasteiger partial charge in [0.2, 0.25) is 0 Å². The first kappa shape index (κ1) is 10.1. The van der Waals surface area contributed by atoms with Crippen LogP contribution in [0.4, 0.5) is 0 Å². The van der Waals surface area contributed by atoms with Crippen LogP contribution < -0.4 is 11.3 Å². The van der Waals surface area contributed by atoms with E-state index >= 15 is 0 Å². The molecule has 0 aliphatic heterocycles. The fourth-order valence-electron chi connectivity index (χ4n) is 0.889. The van der Waals surface area contributed by atoms with Gasteiger partial charge in [-0.2, -0.15) is 0 Å². The number of amidine groups is 1. The normalized spacial score (nSPS) is 11.8. The second-order valence-corrected chi connectivity index (χ2v) is 3.85. The van der Waals surface area contributed by atoms with Crippen molar-refractivity contribution >= 4 is 17.2 Å². The number of aliphatic imine (C=N–C) groups is 1. The number of hydrogen-bond acceptors (Lipinski definition) is 4. The number of hydrazine groups is 1. The highest BCUT2D eigenvalue weighted by Gasteiger charge is 2.04. The van der Waals surface area contributed by atoms with Crippen LogP contribution in [0.3, 0.4) is 0 Å². The zero-order chi connectivity index (χ0) is 9.68. The third kappa shape index (κ3) is 2.78. The Kier molecular flexibility index (Phi) is 3.85. The van der Waals surface area contributed by atoms with Crippen molar-refractivity contribution in [2.24, 2.45) is 10.8 Å². The molecule has 13 heavy (non-hydrogen) atoms. The second-order valence-electron chi connectivity index (χ2n) is 2.62. The van der Waals surface area contributed by atoms with Crippen LogP contribution >= 0.6 is 11.3 Å². The quantitative estimate of drug-likeness (QED) is 0.330. The summed E-state index contributed by atoms with van der Waals surface area (Å²) in [7, 11) is 0. The van der Waals surface area contributed by atoms with E-state index in [0.29, 0.717) is 0 Å². The van der Waals surface area contributed by atoms with Gasteiger partial charge in [-0.1, -0.05) is 6.92 Å². The van der Waals surface area contributed by atoms with Crippen molar-refractivity contribution < 1.29 is 0 Å². The lowest BCUT2D eigenvalue weighted by Gasteiger charge is -2.00.